The summed E-state index contributed by atoms with van der Waals surface area (Å²) in [4.78, 5) is 0. The van der Waals surface area contributed by atoms with Gasteiger partial charge in [0.15, 0.2) is 0 Å². The molecule has 1 nitrogen and oxygen atoms in total. The van der Waals surface area contributed by atoms with Crippen LogP contribution in [0, 0.1) is 5.41 Å². The predicted molar refractivity (Wildman–Crippen MR) is 86.7 cm³/mol. The predicted octanol–water partition coefficient (Wildman–Crippen LogP) is 5.36. The Morgan fingerprint density at radius 1 is 1.25 bits per heavy atom. The van der Waals surface area contributed by atoms with Crippen molar-refractivity contribution in [3.05, 3.63) is 47.6 Å². The fraction of sp³-hybridized carbons (Fsp3) is 0.579. The monoisotopic (exact) mass is 272 g/mol. The van der Waals surface area contributed by atoms with E-state index < -0.39 is 0 Å². The zero-order chi connectivity index (χ0) is 14.6. The van der Waals surface area contributed by atoms with Crippen LogP contribution in [0.4, 0.5) is 0 Å². The normalized spacial score (nSPS) is 25.8. The highest BCUT2D eigenvalue weighted by atomic mass is 16.5. The maximum Gasteiger partial charge on any atom is 0.0973 e. The summed E-state index contributed by atoms with van der Waals surface area (Å²) in [5, 5.41) is 0. The van der Waals surface area contributed by atoms with Gasteiger partial charge in [-0.3, -0.25) is 0 Å². The number of hydrogen-bond acceptors (Lipinski definition) is 1. The van der Waals surface area contributed by atoms with Crippen molar-refractivity contribution in [3.63, 3.8) is 0 Å². The highest BCUT2D eigenvalue weighted by molar-refractivity contribution is 5.38. The molecule has 1 atom stereocenters. The van der Waals surface area contributed by atoms with Gasteiger partial charge in [0.25, 0.3) is 0 Å². The molecule has 0 aromatic heterocycles. The third kappa shape index (κ3) is 3.32. The lowest BCUT2D eigenvalue weighted by atomic mass is 9.70. The summed E-state index contributed by atoms with van der Waals surface area (Å²) in [6, 6.07) is 0. The summed E-state index contributed by atoms with van der Waals surface area (Å²) < 4.78 is 6.43. The van der Waals surface area contributed by atoms with Crippen molar-refractivity contribution >= 4 is 0 Å². The van der Waals surface area contributed by atoms with Crippen LogP contribution in [0.15, 0.2) is 47.6 Å². The first kappa shape index (κ1) is 15.3. The Labute approximate surface area is 124 Å². The number of hydrogen-bond donors (Lipinski definition) is 0. The van der Waals surface area contributed by atoms with E-state index in [2.05, 4.69) is 64.2 Å². The minimum atomic E-state index is -0.149. The van der Waals surface area contributed by atoms with Crippen LogP contribution in [0.3, 0.4) is 0 Å². The van der Waals surface area contributed by atoms with E-state index in [4.69, 9.17) is 4.74 Å². The Balaban J connectivity index is 2.31. The summed E-state index contributed by atoms with van der Waals surface area (Å²) in [5.74, 6) is 0. The highest BCUT2D eigenvalue weighted by Gasteiger charge is 2.41. The second-order valence-corrected chi connectivity index (χ2v) is 6.90. The molecule has 2 aliphatic carbocycles. The number of ether oxygens (including phenoxy) is 1. The zero-order valence-corrected chi connectivity index (χ0v) is 13.4. The van der Waals surface area contributed by atoms with Crippen LogP contribution in [0.5, 0.6) is 0 Å². The Kier molecular flexibility index (Phi) is 4.70. The van der Waals surface area contributed by atoms with E-state index in [1.807, 2.05) is 0 Å². The van der Waals surface area contributed by atoms with Gasteiger partial charge in [-0.2, -0.15) is 0 Å². The van der Waals surface area contributed by atoms with E-state index in [1.54, 1.807) is 0 Å². The lowest BCUT2D eigenvalue weighted by molar-refractivity contribution is -0.0265. The van der Waals surface area contributed by atoms with Crippen LogP contribution in [-0.2, 0) is 4.74 Å². The van der Waals surface area contributed by atoms with Gasteiger partial charge in [0.2, 0.25) is 0 Å². The van der Waals surface area contributed by atoms with E-state index in [0.717, 1.165) is 32.3 Å². The first-order chi connectivity index (χ1) is 9.48. The van der Waals surface area contributed by atoms with Crippen LogP contribution in [0.25, 0.3) is 0 Å². The number of rotatable bonds is 5. The van der Waals surface area contributed by atoms with Crippen molar-refractivity contribution in [1.29, 1.82) is 0 Å². The fourth-order valence-corrected chi connectivity index (χ4v) is 3.24. The minimum absolute atomic E-state index is 0.140. The largest absolute Gasteiger partial charge is 0.370 e. The maximum atomic E-state index is 6.43. The topological polar surface area (TPSA) is 9.23 Å². The van der Waals surface area contributed by atoms with Gasteiger partial charge in [0.05, 0.1) is 5.60 Å². The second-order valence-electron chi connectivity index (χ2n) is 6.90. The van der Waals surface area contributed by atoms with Crippen molar-refractivity contribution in [2.75, 3.05) is 6.61 Å². The van der Waals surface area contributed by atoms with Crippen LogP contribution in [-0.4, -0.2) is 12.2 Å². The molecule has 0 amide bonds. The smallest absolute Gasteiger partial charge is 0.0973 e. The molecule has 0 fully saturated rings. The molecule has 0 aromatic rings. The molecule has 0 aliphatic heterocycles. The molecule has 2 aliphatic rings. The third-order valence-electron chi connectivity index (χ3n) is 4.07. The molecule has 0 saturated heterocycles. The highest BCUT2D eigenvalue weighted by Crippen LogP contribution is 2.45. The fourth-order valence-electron chi connectivity index (χ4n) is 3.24. The first-order valence-electron chi connectivity index (χ1n) is 7.85. The molecule has 1 unspecified atom stereocenters. The van der Waals surface area contributed by atoms with Gasteiger partial charge in [-0.15, -0.1) is 0 Å². The molecule has 0 spiro atoms. The van der Waals surface area contributed by atoms with Crippen LogP contribution in [0.1, 0.15) is 53.4 Å². The van der Waals surface area contributed by atoms with E-state index in [0.29, 0.717) is 0 Å². The molecule has 0 saturated carbocycles. The van der Waals surface area contributed by atoms with Gasteiger partial charge in [-0.1, -0.05) is 64.2 Å². The van der Waals surface area contributed by atoms with Gasteiger partial charge < -0.3 is 4.74 Å². The van der Waals surface area contributed by atoms with Crippen molar-refractivity contribution in [3.8, 4) is 0 Å². The van der Waals surface area contributed by atoms with Crippen molar-refractivity contribution in [2.45, 2.75) is 59.0 Å². The SMILES string of the molecule is CCCOC1(CC2=CCC=C2)CC=CC=C1C(C)(C)C. The van der Waals surface area contributed by atoms with Crippen LogP contribution in [0.2, 0.25) is 0 Å². The minimum Gasteiger partial charge on any atom is -0.370 e. The van der Waals surface area contributed by atoms with Crippen molar-refractivity contribution < 1.29 is 4.74 Å². The summed E-state index contributed by atoms with van der Waals surface area (Å²) >= 11 is 0. The lowest BCUT2D eigenvalue weighted by Gasteiger charge is -2.43. The molecule has 0 bridgehead atoms. The van der Waals surface area contributed by atoms with Gasteiger partial charge in [-0.05, 0) is 35.8 Å². The van der Waals surface area contributed by atoms with Gasteiger partial charge in [0, 0.05) is 13.0 Å². The molecular formula is C19H28O. The second kappa shape index (κ2) is 6.13. The molecule has 1 heteroatoms. The van der Waals surface area contributed by atoms with Crippen molar-refractivity contribution in [2.24, 2.45) is 5.41 Å². The van der Waals surface area contributed by atoms with E-state index in [1.165, 1.54) is 11.1 Å². The van der Waals surface area contributed by atoms with Gasteiger partial charge in [-0.25, -0.2) is 0 Å². The lowest BCUT2D eigenvalue weighted by Crippen LogP contribution is -2.41. The molecule has 20 heavy (non-hydrogen) atoms. The standard InChI is InChI=1S/C19H28O/c1-5-14-20-19(15-16-10-6-7-11-16)13-9-8-12-17(19)18(2,3)4/h6,8-12H,5,7,13-15H2,1-4H3. The van der Waals surface area contributed by atoms with Crippen LogP contribution < -0.4 is 0 Å². The summed E-state index contributed by atoms with van der Waals surface area (Å²) in [5.41, 5.74) is 2.85. The summed E-state index contributed by atoms with van der Waals surface area (Å²) in [7, 11) is 0. The van der Waals surface area contributed by atoms with E-state index in [-0.39, 0.29) is 11.0 Å². The molecular weight excluding hydrogens is 244 g/mol. The summed E-state index contributed by atoms with van der Waals surface area (Å²) in [6.07, 6.45) is 17.7. The molecule has 0 N–H and O–H groups in total. The number of allylic oxidation sites excluding steroid dienone is 5. The Morgan fingerprint density at radius 2 is 2.05 bits per heavy atom. The zero-order valence-electron chi connectivity index (χ0n) is 13.4. The van der Waals surface area contributed by atoms with Gasteiger partial charge in [0.1, 0.15) is 0 Å². The van der Waals surface area contributed by atoms with Gasteiger partial charge >= 0.3 is 0 Å². The van der Waals surface area contributed by atoms with E-state index in [9.17, 15) is 0 Å². The van der Waals surface area contributed by atoms with Crippen molar-refractivity contribution in [1.82, 2.24) is 0 Å². The summed E-state index contributed by atoms with van der Waals surface area (Å²) in [6.45, 7) is 9.89. The molecule has 2 rings (SSSR count). The molecule has 0 radical (unpaired) electrons. The molecule has 110 valence electrons. The van der Waals surface area contributed by atoms with E-state index >= 15 is 0 Å². The quantitative estimate of drug-likeness (QED) is 0.654. The average molecular weight is 272 g/mol. The maximum absolute atomic E-state index is 6.43. The third-order valence-corrected chi connectivity index (χ3v) is 4.07. The molecule has 0 heterocycles. The average Bonchev–Trinajstić information content (AvgIpc) is 2.88. The Morgan fingerprint density at radius 3 is 2.65 bits per heavy atom. The Bertz CT molecular complexity index is 457. The Hall–Kier alpha value is -1.08. The van der Waals surface area contributed by atoms with Crippen LogP contribution >= 0.6 is 0 Å². The molecule has 0 aromatic carbocycles. The first-order valence-corrected chi connectivity index (χ1v) is 7.85.